The number of benzene rings is 5. The van der Waals surface area contributed by atoms with Gasteiger partial charge in [-0.2, -0.15) is 0 Å². The van der Waals surface area contributed by atoms with Crippen LogP contribution in [0.3, 0.4) is 0 Å². The Morgan fingerprint density at radius 1 is 0.649 bits per heavy atom. The Labute approximate surface area is 223 Å². The number of fused-ring (bicyclic) bond motifs is 1. The molecule has 0 radical (unpaired) electrons. The maximum absolute atomic E-state index is 2.41. The molecule has 0 saturated carbocycles. The molecule has 0 fully saturated rings. The zero-order valence-corrected chi connectivity index (χ0v) is 22.7. The highest BCUT2D eigenvalue weighted by Crippen LogP contribution is 2.35. The van der Waals surface area contributed by atoms with E-state index in [9.17, 15) is 0 Å². The molecule has 186 valence electrons. The van der Waals surface area contributed by atoms with Crippen LogP contribution in [0.1, 0.15) is 43.9 Å². The average Bonchev–Trinajstić information content (AvgIpc) is 2.96. The summed E-state index contributed by atoms with van der Waals surface area (Å²) in [6, 6.07) is 41.9. The van der Waals surface area contributed by atoms with Crippen LogP contribution in [0.15, 0.2) is 127 Å². The summed E-state index contributed by atoms with van der Waals surface area (Å²) in [6.07, 6.45) is 5.39. The first-order chi connectivity index (χ1) is 18.1. The molecule has 5 aromatic rings. The van der Waals surface area contributed by atoms with Crippen molar-refractivity contribution >= 4 is 10.8 Å². The Kier molecular flexibility index (Phi) is 9.11. The molecular formula is C37H38. The van der Waals surface area contributed by atoms with Gasteiger partial charge in [0.1, 0.15) is 0 Å². The molecule has 5 rings (SSSR count). The van der Waals surface area contributed by atoms with Gasteiger partial charge in [-0.05, 0) is 90.3 Å². The summed E-state index contributed by atoms with van der Waals surface area (Å²) in [6.45, 7) is 8.51. The van der Waals surface area contributed by atoms with E-state index in [1.54, 1.807) is 0 Å². The van der Waals surface area contributed by atoms with E-state index in [0.717, 1.165) is 12.8 Å². The zero-order chi connectivity index (χ0) is 26.0. The molecule has 0 aliphatic rings. The maximum atomic E-state index is 2.41. The standard InChI is InChI=1S/C31H26.C6H12/c1-23-15-18-25(19-16-23)29-21-27-13-8-14-30(26-11-6-3-7-12-26)31(27)28(22-29)20-17-24-9-4-2-5-10-24;1-4-6(3)5-2/h2-16,18-19,21-22H,17,20H2,1H3;4H,5H2,1-3H3/b;6-4+. The van der Waals surface area contributed by atoms with Crippen molar-refractivity contribution in [3.05, 3.63) is 144 Å². The first-order valence-corrected chi connectivity index (χ1v) is 13.4. The summed E-state index contributed by atoms with van der Waals surface area (Å²) >= 11 is 0. The van der Waals surface area contributed by atoms with E-state index >= 15 is 0 Å². The van der Waals surface area contributed by atoms with E-state index in [4.69, 9.17) is 0 Å². The average molecular weight is 483 g/mol. The van der Waals surface area contributed by atoms with E-state index in [0.29, 0.717) is 0 Å². The third-order valence-electron chi connectivity index (χ3n) is 7.10. The van der Waals surface area contributed by atoms with Crippen LogP contribution in [-0.2, 0) is 12.8 Å². The Hall–Kier alpha value is -3.90. The van der Waals surface area contributed by atoms with Crippen molar-refractivity contribution in [3.8, 4) is 22.3 Å². The first-order valence-electron chi connectivity index (χ1n) is 13.4. The minimum atomic E-state index is 1.02. The summed E-state index contributed by atoms with van der Waals surface area (Å²) < 4.78 is 0. The van der Waals surface area contributed by atoms with E-state index in [2.05, 4.69) is 149 Å². The molecule has 0 saturated heterocycles. The smallest absolute Gasteiger partial charge is 0.00728 e. The van der Waals surface area contributed by atoms with Crippen LogP contribution in [0.2, 0.25) is 0 Å². The fourth-order valence-corrected chi connectivity index (χ4v) is 4.61. The lowest BCUT2D eigenvalue weighted by Gasteiger charge is -2.15. The Balaban J connectivity index is 0.000000480. The number of rotatable bonds is 6. The van der Waals surface area contributed by atoms with Crippen LogP contribution in [0.25, 0.3) is 33.0 Å². The van der Waals surface area contributed by atoms with E-state index in [-0.39, 0.29) is 0 Å². The van der Waals surface area contributed by atoms with Crippen molar-refractivity contribution in [2.45, 2.75) is 47.0 Å². The van der Waals surface area contributed by atoms with Crippen molar-refractivity contribution in [3.63, 3.8) is 0 Å². The summed E-state index contributed by atoms with van der Waals surface area (Å²) in [4.78, 5) is 0. The lowest BCUT2D eigenvalue weighted by Crippen LogP contribution is -1.96. The minimum absolute atomic E-state index is 1.02. The molecule has 0 atom stereocenters. The molecule has 0 heterocycles. The summed E-state index contributed by atoms with van der Waals surface area (Å²) in [5.41, 5.74) is 10.7. The van der Waals surface area contributed by atoms with Crippen molar-refractivity contribution in [1.82, 2.24) is 0 Å². The number of aryl methyl sites for hydroxylation is 3. The zero-order valence-electron chi connectivity index (χ0n) is 22.7. The fraction of sp³-hybridized carbons (Fsp3) is 0.189. The molecule has 0 amide bonds. The molecule has 0 heteroatoms. The third-order valence-corrected chi connectivity index (χ3v) is 7.10. The molecule has 0 aliphatic heterocycles. The van der Waals surface area contributed by atoms with E-state index in [1.807, 2.05) is 0 Å². The highest BCUT2D eigenvalue weighted by molar-refractivity contribution is 6.01. The van der Waals surface area contributed by atoms with Gasteiger partial charge < -0.3 is 0 Å². The van der Waals surface area contributed by atoms with Crippen molar-refractivity contribution in [2.75, 3.05) is 0 Å². The molecule has 0 spiro atoms. The minimum Gasteiger partial charge on any atom is -0.0887 e. The number of hydrogen-bond acceptors (Lipinski definition) is 0. The second kappa shape index (κ2) is 12.9. The summed E-state index contributed by atoms with van der Waals surface area (Å²) in [7, 11) is 0. The quantitative estimate of drug-likeness (QED) is 0.211. The predicted octanol–water partition coefficient (Wildman–Crippen LogP) is 10.6. The molecule has 0 aliphatic carbocycles. The van der Waals surface area contributed by atoms with Crippen molar-refractivity contribution < 1.29 is 0 Å². The van der Waals surface area contributed by atoms with Crippen LogP contribution in [0.5, 0.6) is 0 Å². The second-order valence-corrected chi connectivity index (χ2v) is 9.75. The van der Waals surface area contributed by atoms with E-state index in [1.165, 1.54) is 61.7 Å². The summed E-state index contributed by atoms with van der Waals surface area (Å²) in [5.74, 6) is 0. The number of hydrogen-bond donors (Lipinski definition) is 0. The monoisotopic (exact) mass is 482 g/mol. The van der Waals surface area contributed by atoms with Crippen LogP contribution in [0.4, 0.5) is 0 Å². The Morgan fingerprint density at radius 3 is 1.95 bits per heavy atom. The molecule has 0 bridgehead atoms. The second-order valence-electron chi connectivity index (χ2n) is 9.75. The molecule has 0 aromatic heterocycles. The lowest BCUT2D eigenvalue weighted by atomic mass is 9.89. The Morgan fingerprint density at radius 2 is 1.32 bits per heavy atom. The summed E-state index contributed by atoms with van der Waals surface area (Å²) in [5, 5.41) is 2.68. The molecule has 0 N–H and O–H groups in total. The third kappa shape index (κ3) is 6.86. The van der Waals surface area contributed by atoms with Crippen LogP contribution in [0, 0.1) is 6.92 Å². The molecular weight excluding hydrogens is 444 g/mol. The largest absolute Gasteiger partial charge is 0.0887 e. The fourth-order valence-electron chi connectivity index (χ4n) is 4.61. The van der Waals surface area contributed by atoms with Gasteiger partial charge in [0.05, 0.1) is 0 Å². The molecule has 37 heavy (non-hydrogen) atoms. The van der Waals surface area contributed by atoms with E-state index < -0.39 is 0 Å². The van der Waals surface area contributed by atoms with Crippen molar-refractivity contribution in [1.29, 1.82) is 0 Å². The van der Waals surface area contributed by atoms with Gasteiger partial charge in [-0.3, -0.25) is 0 Å². The SMILES string of the molecule is C/C=C(\C)CC.Cc1ccc(-c2cc(CCc3ccccc3)c3c(-c4ccccc4)cccc3c2)cc1. The lowest BCUT2D eigenvalue weighted by molar-refractivity contribution is 0.970. The van der Waals surface area contributed by atoms with Gasteiger partial charge in [-0.15, -0.1) is 0 Å². The molecule has 5 aromatic carbocycles. The highest BCUT2D eigenvalue weighted by Gasteiger charge is 2.12. The van der Waals surface area contributed by atoms with Gasteiger partial charge >= 0.3 is 0 Å². The maximum Gasteiger partial charge on any atom is -0.00728 e. The van der Waals surface area contributed by atoms with Gasteiger partial charge in [0.15, 0.2) is 0 Å². The van der Waals surface area contributed by atoms with Crippen LogP contribution in [-0.4, -0.2) is 0 Å². The normalized spacial score (nSPS) is 11.2. The number of allylic oxidation sites excluding steroid dienone is 2. The van der Waals surface area contributed by atoms with Gasteiger partial charge in [0, 0.05) is 0 Å². The van der Waals surface area contributed by atoms with Crippen molar-refractivity contribution in [2.24, 2.45) is 0 Å². The predicted molar refractivity (Wildman–Crippen MR) is 163 cm³/mol. The molecule has 0 nitrogen and oxygen atoms in total. The highest BCUT2D eigenvalue weighted by atomic mass is 14.2. The van der Waals surface area contributed by atoms with Gasteiger partial charge in [0.2, 0.25) is 0 Å². The van der Waals surface area contributed by atoms with Crippen LogP contribution < -0.4 is 0 Å². The first kappa shape index (κ1) is 26.2. The topological polar surface area (TPSA) is 0 Å². The van der Waals surface area contributed by atoms with Crippen LogP contribution >= 0.6 is 0 Å². The molecule has 0 unspecified atom stereocenters. The Bertz CT molecular complexity index is 1440. The van der Waals surface area contributed by atoms with Gasteiger partial charge in [0.25, 0.3) is 0 Å². The van der Waals surface area contributed by atoms with Gasteiger partial charge in [-0.1, -0.05) is 133 Å². The van der Waals surface area contributed by atoms with Gasteiger partial charge in [-0.25, -0.2) is 0 Å².